The Hall–Kier alpha value is -4.12. The predicted molar refractivity (Wildman–Crippen MR) is 334 cm³/mol. The molecule has 3 aromatic heterocycles. The molecule has 0 saturated carbocycles. The van der Waals surface area contributed by atoms with Crippen LogP contribution >= 0.6 is 0 Å². The number of aromatic amines is 3. The van der Waals surface area contributed by atoms with Crippen molar-refractivity contribution in [1.29, 1.82) is 5.26 Å². The Morgan fingerprint density at radius 2 is 0.862 bits per heavy atom. The molecule has 0 amide bonds. The van der Waals surface area contributed by atoms with Gasteiger partial charge in [-0.1, -0.05) is 125 Å². The number of nitriles is 1. The summed E-state index contributed by atoms with van der Waals surface area (Å²) in [6, 6.07) is 6.13. The number of ether oxygens (including phenoxy) is 3. The molecule has 0 aliphatic carbocycles. The van der Waals surface area contributed by atoms with Crippen LogP contribution in [0.2, 0.25) is 44.3 Å². The molecule has 5 saturated heterocycles. The molecule has 0 spiro atoms. The van der Waals surface area contributed by atoms with E-state index in [1.807, 2.05) is 6.92 Å². The monoisotopic (exact) mass is 1290 g/mol. The number of nitrogens with zero attached hydrogens (tertiary/aromatic N) is 4. The lowest BCUT2D eigenvalue weighted by Gasteiger charge is -2.52. The minimum Gasteiger partial charge on any atom is -0.414 e. The third-order valence-corrected chi connectivity index (χ3v) is 39.2. The second kappa shape index (κ2) is 27.4. The van der Waals surface area contributed by atoms with Crippen molar-refractivity contribution < 1.29 is 50.4 Å². The van der Waals surface area contributed by atoms with Gasteiger partial charge in [0.25, 0.3) is 16.7 Å². The molecule has 26 nitrogen and oxygen atoms in total. The van der Waals surface area contributed by atoms with Crippen LogP contribution in [0.15, 0.2) is 65.6 Å². The molecule has 3 aromatic rings. The molecule has 0 unspecified atom stereocenters. The largest absolute Gasteiger partial charge is 0.414 e. The van der Waals surface area contributed by atoms with E-state index in [9.17, 15) is 44.2 Å². The number of hydrogen-bond donors (Lipinski definition) is 7. The van der Waals surface area contributed by atoms with Crippen LogP contribution in [0.1, 0.15) is 150 Å². The molecule has 8 heterocycles. The Labute approximate surface area is 513 Å². The molecule has 5 aliphatic rings. The van der Waals surface area contributed by atoms with Gasteiger partial charge in [0.1, 0.15) is 36.2 Å². The number of nitrogens with two attached hydrogens (primary N) is 2. The number of hydrogen-bond acceptors (Lipinski definition) is 20. The smallest absolute Gasteiger partial charge is 0.335 e. The number of aromatic nitrogens is 6. The second-order valence-corrected chi connectivity index (χ2v) is 44.8. The molecule has 30 heteroatoms. The Balaban J connectivity index is 0.000000217. The van der Waals surface area contributed by atoms with Crippen molar-refractivity contribution in [3.05, 3.63) is 99.3 Å². The lowest BCUT2D eigenvalue weighted by atomic mass is 9.82. The quantitative estimate of drug-likeness (QED) is 0.104. The summed E-state index contributed by atoms with van der Waals surface area (Å²) >= 11 is 0. The SMILES string of the molecule is CC(C)[Si]1(C(C)C)OC[C@H]2O[C@@H](n3ccc(=O)[nH]c3=O)[C@](C)(C#N)[C@@H]2O[Si](C(C)C)(C(C)C)O1.CC(C)[Si]1(C(C)C)OC[C@H]2O[C@@H](n3ccc(=O)[nH]c3=O)[C@](C)(CN)[C@@H]2O[Si](C(C)C)(C(C)C)O1.C[C@@]1(CN)[C@H](O)[C@@H](CO)O[C@H]1n1ccc(=O)[nH]c1=O. The first kappa shape index (κ1) is 71.9. The van der Waals surface area contributed by atoms with Gasteiger partial charge in [0.05, 0.1) is 55.0 Å². The second-order valence-electron chi connectivity index (χ2n) is 27.1. The zero-order valence-electron chi connectivity index (χ0n) is 54.3. The molecule has 5 fully saturated rings. The van der Waals surface area contributed by atoms with E-state index in [1.54, 1.807) is 13.8 Å². The van der Waals surface area contributed by atoms with Crippen molar-refractivity contribution >= 4 is 34.2 Å². The first-order chi connectivity index (χ1) is 40.4. The summed E-state index contributed by atoms with van der Waals surface area (Å²) in [7, 11) is -11.3. The third-order valence-electron chi connectivity index (χ3n) is 18.8. The summed E-state index contributed by atoms with van der Waals surface area (Å²) in [6.45, 7) is 40.2. The molecular formula is C57H99N9O17Si4. The highest BCUT2D eigenvalue weighted by Crippen LogP contribution is 2.55. The number of H-pyrrole nitrogens is 3. The van der Waals surface area contributed by atoms with Crippen LogP contribution in [-0.4, -0.2) is 143 Å². The molecule has 0 bridgehead atoms. The van der Waals surface area contributed by atoms with Gasteiger partial charge in [-0.3, -0.25) is 43.0 Å². The lowest BCUT2D eigenvalue weighted by Crippen LogP contribution is -2.66. The van der Waals surface area contributed by atoms with E-state index < -0.39 is 140 Å². The number of aliphatic hydroxyl groups is 2. The summed E-state index contributed by atoms with van der Waals surface area (Å²) in [4.78, 5) is 78.2. The van der Waals surface area contributed by atoms with E-state index in [2.05, 4.69) is 132 Å². The van der Waals surface area contributed by atoms with E-state index in [0.29, 0.717) is 6.61 Å². The highest BCUT2D eigenvalue weighted by Gasteiger charge is 2.67. The molecule has 12 atom stereocenters. The van der Waals surface area contributed by atoms with Crippen LogP contribution in [0, 0.1) is 27.6 Å². The van der Waals surface area contributed by atoms with Crippen LogP contribution < -0.4 is 45.2 Å². The van der Waals surface area contributed by atoms with Gasteiger partial charge in [0.15, 0.2) is 6.23 Å². The Bertz CT molecular complexity index is 3220. The Morgan fingerprint density at radius 1 is 0.540 bits per heavy atom. The summed E-state index contributed by atoms with van der Waals surface area (Å²) in [5.74, 6) is 0. The summed E-state index contributed by atoms with van der Waals surface area (Å²) in [5, 5.41) is 29.7. The van der Waals surface area contributed by atoms with Gasteiger partial charge in [-0.15, -0.1) is 0 Å². The number of aliphatic hydroxyl groups excluding tert-OH is 2. The number of rotatable bonds is 14. The molecule has 87 heavy (non-hydrogen) atoms. The van der Waals surface area contributed by atoms with Crippen molar-refractivity contribution in [3.63, 3.8) is 0 Å². The third kappa shape index (κ3) is 13.1. The van der Waals surface area contributed by atoms with E-state index in [0.717, 1.165) is 4.57 Å². The topological polar surface area (TPSA) is 364 Å². The van der Waals surface area contributed by atoms with E-state index in [1.165, 1.54) is 45.9 Å². The van der Waals surface area contributed by atoms with Crippen LogP contribution in [0.5, 0.6) is 0 Å². The molecular weight excluding hydrogens is 1200 g/mol. The van der Waals surface area contributed by atoms with Gasteiger partial charge in [-0.2, -0.15) is 5.26 Å². The Kier molecular flexibility index (Phi) is 22.6. The van der Waals surface area contributed by atoms with Crippen LogP contribution in [0.25, 0.3) is 0 Å². The van der Waals surface area contributed by atoms with Crippen molar-refractivity contribution in [2.24, 2.45) is 27.7 Å². The molecule has 8 rings (SSSR count). The fourth-order valence-electron chi connectivity index (χ4n) is 13.4. The van der Waals surface area contributed by atoms with Crippen LogP contribution in [-0.2, 0) is 40.1 Å². The maximum Gasteiger partial charge on any atom is 0.335 e. The molecule has 0 aromatic carbocycles. The minimum atomic E-state index is -2.96. The zero-order valence-corrected chi connectivity index (χ0v) is 58.3. The lowest BCUT2D eigenvalue weighted by molar-refractivity contribution is -0.0597. The first-order valence-electron chi connectivity index (χ1n) is 30.5. The maximum absolute atomic E-state index is 12.7. The summed E-state index contributed by atoms with van der Waals surface area (Å²) < 4.78 is 64.4. The van der Waals surface area contributed by atoms with Gasteiger partial charge in [-0.05, 0) is 51.3 Å². The number of fused-ring (bicyclic) bond motifs is 2. The Morgan fingerprint density at radius 3 is 1.18 bits per heavy atom. The average molecular weight is 1290 g/mol. The fourth-order valence-corrected chi connectivity index (χ4v) is 36.0. The fraction of sp³-hybridized carbons (Fsp3) is 0.772. The van der Waals surface area contributed by atoms with Crippen molar-refractivity contribution in [2.45, 2.75) is 231 Å². The van der Waals surface area contributed by atoms with Crippen molar-refractivity contribution in [2.75, 3.05) is 32.9 Å². The standard InChI is InChI=1S/C23H43N3O6Si2.C23H39N3O6Si2.C11H17N3O5/c2*1-14(2)33(15(3)4)29-12-18-20(31-34(32-33,16(5)6)17(7)8)23(9,13-24)21(30-18)26-11-10-19(27)25-22(26)28;1-11(5-12)8(17)6(4-15)19-9(11)14-3-2-7(16)13-10(14)18/h10-11,14-18,20-21H,12-13,24H2,1-9H3,(H,25,27,28);10-11,14-18,20-21H,12H2,1-9H3,(H,25,27,28);2-3,6,8-9,15,17H,4-5,12H2,1H3,(H,13,16,18)/t2*18-,20-,21-,23-;6-,8-,9-,11-/m111/s1. The van der Waals surface area contributed by atoms with E-state index >= 15 is 0 Å². The van der Waals surface area contributed by atoms with Gasteiger partial charge in [-0.25, -0.2) is 14.4 Å². The van der Waals surface area contributed by atoms with E-state index in [-0.39, 0.29) is 70.6 Å². The van der Waals surface area contributed by atoms with Crippen LogP contribution in [0.3, 0.4) is 0 Å². The summed E-state index contributed by atoms with van der Waals surface area (Å²) in [6.07, 6.45) is -2.29. The van der Waals surface area contributed by atoms with Gasteiger partial charge >= 0.3 is 51.3 Å². The summed E-state index contributed by atoms with van der Waals surface area (Å²) in [5.41, 5.74) is 7.17. The van der Waals surface area contributed by atoms with Gasteiger partial charge < -0.3 is 61.8 Å². The van der Waals surface area contributed by atoms with Crippen molar-refractivity contribution in [1.82, 2.24) is 28.7 Å². The van der Waals surface area contributed by atoms with Gasteiger partial charge in [0, 0.05) is 49.9 Å². The van der Waals surface area contributed by atoms with E-state index in [4.69, 9.17) is 51.6 Å². The van der Waals surface area contributed by atoms with Crippen molar-refractivity contribution in [3.8, 4) is 6.07 Å². The molecule has 5 aliphatic heterocycles. The molecule has 9 N–H and O–H groups in total. The minimum absolute atomic E-state index is 0.0564. The normalized spacial score (nSPS) is 31.8. The van der Waals surface area contributed by atoms with Gasteiger partial charge in [0.2, 0.25) is 0 Å². The average Bonchev–Trinajstić information content (AvgIpc) is 1.69. The predicted octanol–water partition coefficient (Wildman–Crippen LogP) is 5.03. The number of nitrogens with one attached hydrogen (secondary N) is 3. The maximum atomic E-state index is 12.7. The zero-order chi connectivity index (χ0) is 65.5. The highest BCUT2D eigenvalue weighted by atomic mass is 28.5. The highest BCUT2D eigenvalue weighted by molar-refractivity contribution is 6.84. The molecule has 0 radical (unpaired) electrons. The first-order valence-corrected chi connectivity index (χ1v) is 38.4. The molecule has 490 valence electrons. The van der Waals surface area contributed by atoms with Crippen LogP contribution in [0.4, 0.5) is 0 Å².